The standard InChI is InChI=1S/C22H28N2O2/c1-2-3-15-26-21-8-6-7-19(16-21)22(25)23-20-11-9-18(10-12-20)17-24-13-4-5-14-24/h6-12,16H,2-5,13-15,17H2,1H3,(H,23,25). The third-order valence-electron chi connectivity index (χ3n) is 4.68. The van der Waals surface area contributed by atoms with E-state index in [4.69, 9.17) is 4.74 Å². The van der Waals surface area contributed by atoms with Crippen molar-refractivity contribution in [3.63, 3.8) is 0 Å². The first-order chi connectivity index (χ1) is 12.7. The number of rotatable bonds is 8. The number of carbonyl (C=O) groups excluding carboxylic acids is 1. The molecule has 0 bridgehead atoms. The van der Waals surface area contributed by atoms with Crippen molar-refractivity contribution >= 4 is 11.6 Å². The van der Waals surface area contributed by atoms with E-state index in [0.29, 0.717) is 12.2 Å². The minimum Gasteiger partial charge on any atom is -0.494 e. The molecule has 4 nitrogen and oxygen atoms in total. The van der Waals surface area contributed by atoms with Crippen molar-refractivity contribution < 1.29 is 9.53 Å². The first-order valence-electron chi connectivity index (χ1n) is 9.60. The number of likely N-dealkylation sites (tertiary alicyclic amines) is 1. The van der Waals surface area contributed by atoms with Gasteiger partial charge in [0.15, 0.2) is 0 Å². The van der Waals surface area contributed by atoms with Crippen LogP contribution in [0.5, 0.6) is 5.75 Å². The third kappa shape index (κ3) is 5.33. The number of nitrogens with one attached hydrogen (secondary N) is 1. The molecule has 0 aliphatic carbocycles. The van der Waals surface area contributed by atoms with Crippen LogP contribution in [0.3, 0.4) is 0 Å². The lowest BCUT2D eigenvalue weighted by molar-refractivity contribution is 0.102. The van der Waals surface area contributed by atoms with Gasteiger partial charge in [-0.3, -0.25) is 9.69 Å². The molecule has 1 amide bonds. The molecule has 0 saturated carbocycles. The fraction of sp³-hybridized carbons (Fsp3) is 0.409. The molecule has 4 heteroatoms. The molecular weight excluding hydrogens is 324 g/mol. The van der Waals surface area contributed by atoms with Crippen molar-refractivity contribution in [1.82, 2.24) is 4.90 Å². The van der Waals surface area contributed by atoms with Gasteiger partial charge in [-0.1, -0.05) is 31.5 Å². The molecule has 0 radical (unpaired) electrons. The second-order valence-electron chi connectivity index (χ2n) is 6.86. The average molecular weight is 352 g/mol. The molecule has 2 aromatic carbocycles. The van der Waals surface area contributed by atoms with Crippen LogP contribution in [0.15, 0.2) is 48.5 Å². The van der Waals surface area contributed by atoms with Crippen LogP contribution in [0.25, 0.3) is 0 Å². The largest absolute Gasteiger partial charge is 0.494 e. The minimum absolute atomic E-state index is 0.113. The summed E-state index contributed by atoms with van der Waals surface area (Å²) in [6, 6.07) is 15.5. The van der Waals surface area contributed by atoms with Crippen LogP contribution >= 0.6 is 0 Å². The summed E-state index contributed by atoms with van der Waals surface area (Å²) in [7, 11) is 0. The fourth-order valence-corrected chi connectivity index (χ4v) is 3.16. The molecule has 1 saturated heterocycles. The SMILES string of the molecule is CCCCOc1cccc(C(=O)Nc2ccc(CN3CCCC3)cc2)c1. The van der Waals surface area contributed by atoms with Crippen molar-refractivity contribution in [2.75, 3.05) is 25.0 Å². The monoisotopic (exact) mass is 352 g/mol. The van der Waals surface area contributed by atoms with Gasteiger partial charge in [0.1, 0.15) is 5.75 Å². The Kier molecular flexibility index (Phi) is 6.67. The average Bonchev–Trinajstić information content (AvgIpc) is 3.17. The zero-order chi connectivity index (χ0) is 18.2. The maximum absolute atomic E-state index is 12.5. The summed E-state index contributed by atoms with van der Waals surface area (Å²) in [6.45, 7) is 6.18. The van der Waals surface area contributed by atoms with Crippen molar-refractivity contribution in [3.05, 3.63) is 59.7 Å². The summed E-state index contributed by atoms with van der Waals surface area (Å²) in [5.74, 6) is 0.630. The smallest absolute Gasteiger partial charge is 0.255 e. The Bertz CT molecular complexity index is 706. The number of amides is 1. The van der Waals surface area contributed by atoms with E-state index in [1.807, 2.05) is 30.3 Å². The lowest BCUT2D eigenvalue weighted by atomic mass is 10.1. The second kappa shape index (κ2) is 9.39. The maximum atomic E-state index is 12.5. The third-order valence-corrected chi connectivity index (χ3v) is 4.68. The van der Waals surface area contributed by atoms with E-state index in [2.05, 4.69) is 29.3 Å². The van der Waals surface area contributed by atoms with Gasteiger partial charge in [0.2, 0.25) is 0 Å². The first kappa shape index (κ1) is 18.5. The Hall–Kier alpha value is -2.33. The van der Waals surface area contributed by atoms with E-state index in [1.165, 1.54) is 31.5 Å². The highest BCUT2D eigenvalue weighted by Gasteiger charge is 2.12. The molecule has 1 aliphatic rings. The van der Waals surface area contributed by atoms with Crippen LogP contribution < -0.4 is 10.1 Å². The fourth-order valence-electron chi connectivity index (χ4n) is 3.16. The Morgan fingerprint density at radius 1 is 1.12 bits per heavy atom. The van der Waals surface area contributed by atoms with Crippen LogP contribution in [0, 0.1) is 0 Å². The van der Waals surface area contributed by atoms with E-state index in [1.54, 1.807) is 6.07 Å². The van der Waals surface area contributed by atoms with Gasteiger partial charge in [0.05, 0.1) is 6.61 Å². The summed E-state index contributed by atoms with van der Waals surface area (Å²) in [5.41, 5.74) is 2.72. The number of carbonyl (C=O) groups is 1. The van der Waals surface area contributed by atoms with Gasteiger partial charge < -0.3 is 10.1 Å². The van der Waals surface area contributed by atoms with Gasteiger partial charge in [0.25, 0.3) is 5.91 Å². The van der Waals surface area contributed by atoms with Crippen LogP contribution in [0.4, 0.5) is 5.69 Å². The second-order valence-corrected chi connectivity index (χ2v) is 6.86. The topological polar surface area (TPSA) is 41.6 Å². The molecule has 2 aromatic rings. The molecule has 0 unspecified atom stereocenters. The zero-order valence-corrected chi connectivity index (χ0v) is 15.5. The molecular formula is C22H28N2O2. The predicted octanol–water partition coefficient (Wildman–Crippen LogP) is 4.71. The molecule has 0 aromatic heterocycles. The van der Waals surface area contributed by atoms with Gasteiger partial charge in [-0.15, -0.1) is 0 Å². The Balaban J connectivity index is 1.56. The van der Waals surface area contributed by atoms with E-state index in [0.717, 1.165) is 30.8 Å². The number of hydrogen-bond acceptors (Lipinski definition) is 3. The summed E-state index contributed by atoms with van der Waals surface area (Å²) in [6.07, 6.45) is 4.71. The lowest BCUT2D eigenvalue weighted by Gasteiger charge is -2.15. The summed E-state index contributed by atoms with van der Waals surface area (Å²) in [4.78, 5) is 15.0. The highest BCUT2D eigenvalue weighted by atomic mass is 16.5. The molecule has 1 fully saturated rings. The highest BCUT2D eigenvalue weighted by molar-refractivity contribution is 6.04. The van der Waals surface area contributed by atoms with Crippen molar-refractivity contribution in [1.29, 1.82) is 0 Å². The number of ether oxygens (including phenoxy) is 1. The normalized spacial score (nSPS) is 14.3. The van der Waals surface area contributed by atoms with Crippen LogP contribution in [-0.2, 0) is 6.54 Å². The number of hydrogen-bond donors (Lipinski definition) is 1. The number of anilines is 1. The molecule has 0 atom stereocenters. The Morgan fingerprint density at radius 3 is 2.62 bits per heavy atom. The van der Waals surface area contributed by atoms with Gasteiger partial charge in [-0.05, 0) is 68.2 Å². The molecule has 1 N–H and O–H groups in total. The van der Waals surface area contributed by atoms with E-state index < -0.39 is 0 Å². The van der Waals surface area contributed by atoms with E-state index in [9.17, 15) is 4.79 Å². The molecule has 3 rings (SSSR count). The van der Waals surface area contributed by atoms with Crippen molar-refractivity contribution in [2.24, 2.45) is 0 Å². The molecule has 26 heavy (non-hydrogen) atoms. The Labute approximate surface area is 156 Å². The predicted molar refractivity (Wildman–Crippen MR) is 106 cm³/mol. The maximum Gasteiger partial charge on any atom is 0.255 e. The number of nitrogens with zero attached hydrogens (tertiary/aromatic N) is 1. The number of benzene rings is 2. The summed E-state index contributed by atoms with van der Waals surface area (Å²) < 4.78 is 5.68. The van der Waals surface area contributed by atoms with E-state index in [-0.39, 0.29) is 5.91 Å². The van der Waals surface area contributed by atoms with Crippen molar-refractivity contribution in [3.8, 4) is 5.75 Å². The number of unbranched alkanes of at least 4 members (excludes halogenated alkanes) is 1. The van der Waals surface area contributed by atoms with Gasteiger partial charge in [-0.25, -0.2) is 0 Å². The first-order valence-corrected chi connectivity index (χ1v) is 9.60. The van der Waals surface area contributed by atoms with E-state index >= 15 is 0 Å². The van der Waals surface area contributed by atoms with Crippen LogP contribution in [0.1, 0.15) is 48.5 Å². The molecule has 138 valence electrons. The quantitative estimate of drug-likeness (QED) is 0.699. The van der Waals surface area contributed by atoms with Gasteiger partial charge >= 0.3 is 0 Å². The molecule has 1 aliphatic heterocycles. The minimum atomic E-state index is -0.113. The highest BCUT2D eigenvalue weighted by Crippen LogP contribution is 2.18. The Morgan fingerprint density at radius 2 is 1.88 bits per heavy atom. The van der Waals surface area contributed by atoms with Gasteiger partial charge in [0, 0.05) is 17.8 Å². The van der Waals surface area contributed by atoms with Gasteiger partial charge in [-0.2, -0.15) is 0 Å². The lowest BCUT2D eigenvalue weighted by Crippen LogP contribution is -2.18. The van der Waals surface area contributed by atoms with Crippen molar-refractivity contribution in [2.45, 2.75) is 39.2 Å². The zero-order valence-electron chi connectivity index (χ0n) is 15.5. The molecule has 1 heterocycles. The summed E-state index contributed by atoms with van der Waals surface area (Å²) in [5, 5.41) is 2.97. The van der Waals surface area contributed by atoms with Crippen LogP contribution in [0.2, 0.25) is 0 Å². The summed E-state index contributed by atoms with van der Waals surface area (Å²) >= 11 is 0. The molecule has 0 spiro atoms. The van der Waals surface area contributed by atoms with Crippen LogP contribution in [-0.4, -0.2) is 30.5 Å².